The Bertz CT molecular complexity index is 1240. The maximum absolute atomic E-state index is 14.5. The van der Waals surface area contributed by atoms with E-state index in [0.717, 1.165) is 24.5 Å². The van der Waals surface area contributed by atoms with Crippen molar-refractivity contribution in [2.45, 2.75) is 45.8 Å². The Morgan fingerprint density at radius 3 is 2.55 bits per heavy atom. The maximum atomic E-state index is 14.5. The van der Waals surface area contributed by atoms with Gasteiger partial charge in [-0.15, -0.1) is 0 Å². The number of aryl methyl sites for hydroxylation is 1. The minimum Gasteiger partial charge on any atom is -0.481 e. The summed E-state index contributed by atoms with van der Waals surface area (Å²) in [6.45, 7) is -1.11. The van der Waals surface area contributed by atoms with Crippen molar-refractivity contribution in [3.05, 3.63) is 70.5 Å². The highest BCUT2D eigenvalue weighted by atomic mass is 19.3. The van der Waals surface area contributed by atoms with Gasteiger partial charge in [-0.05, 0) is 41.5 Å². The van der Waals surface area contributed by atoms with E-state index in [0.29, 0.717) is 28.3 Å². The van der Waals surface area contributed by atoms with Crippen LogP contribution in [-0.4, -0.2) is 23.6 Å². The molecule has 5 nitrogen and oxygen atoms in total. The van der Waals surface area contributed by atoms with Crippen molar-refractivity contribution in [1.29, 1.82) is 0 Å². The van der Waals surface area contributed by atoms with Gasteiger partial charge in [0.25, 0.3) is 5.91 Å². The average molecular weight is 457 g/mol. The summed E-state index contributed by atoms with van der Waals surface area (Å²) in [7, 11) is 0. The second-order valence-electron chi connectivity index (χ2n) is 7.93. The molecule has 0 fully saturated rings. The molecule has 3 aromatic carbocycles. The molecule has 0 aliphatic carbocycles. The number of aliphatic carboxylic acids is 1. The first-order chi connectivity index (χ1) is 15.8. The van der Waals surface area contributed by atoms with E-state index < -0.39 is 30.7 Å². The fourth-order valence-electron chi connectivity index (χ4n) is 4.37. The van der Waals surface area contributed by atoms with Crippen molar-refractivity contribution < 1.29 is 32.6 Å². The number of ether oxygens (including phenoxy) is 1. The van der Waals surface area contributed by atoms with Crippen LogP contribution in [0, 0.1) is 5.82 Å². The number of unbranched alkanes of at least 4 members (excludes halogenated alkanes) is 1. The molecule has 172 valence electrons. The van der Waals surface area contributed by atoms with Gasteiger partial charge in [-0.2, -0.15) is 8.78 Å². The first kappa shape index (κ1) is 22.6. The first-order valence-corrected chi connectivity index (χ1v) is 10.6. The van der Waals surface area contributed by atoms with Crippen LogP contribution in [0.3, 0.4) is 0 Å². The summed E-state index contributed by atoms with van der Waals surface area (Å²) < 4.78 is 46.1. The number of anilines is 1. The molecule has 4 rings (SSSR count). The van der Waals surface area contributed by atoms with Crippen molar-refractivity contribution in [2.75, 3.05) is 4.90 Å². The predicted octanol–water partition coefficient (Wildman–Crippen LogP) is 5.71. The number of carbonyl (C=O) groups is 2. The lowest BCUT2D eigenvalue weighted by Gasteiger charge is -2.17. The Morgan fingerprint density at radius 2 is 1.91 bits per heavy atom. The molecule has 1 N–H and O–H groups in total. The van der Waals surface area contributed by atoms with Gasteiger partial charge < -0.3 is 14.7 Å². The second kappa shape index (κ2) is 9.13. The van der Waals surface area contributed by atoms with Crippen molar-refractivity contribution in [3.63, 3.8) is 0 Å². The number of nitrogens with zero attached hydrogens (tertiary/aromatic N) is 1. The third kappa shape index (κ3) is 4.25. The van der Waals surface area contributed by atoms with Gasteiger partial charge in [0, 0.05) is 16.6 Å². The van der Waals surface area contributed by atoms with E-state index in [-0.39, 0.29) is 23.5 Å². The summed E-state index contributed by atoms with van der Waals surface area (Å²) in [6, 6.07) is 10.9. The van der Waals surface area contributed by atoms with Crippen LogP contribution < -0.4 is 9.64 Å². The van der Waals surface area contributed by atoms with Crippen molar-refractivity contribution >= 4 is 28.3 Å². The molecule has 1 aliphatic heterocycles. The van der Waals surface area contributed by atoms with Crippen molar-refractivity contribution in [2.24, 2.45) is 0 Å². The van der Waals surface area contributed by atoms with Gasteiger partial charge in [-0.25, -0.2) is 4.39 Å². The lowest BCUT2D eigenvalue weighted by Crippen LogP contribution is -2.24. The van der Waals surface area contributed by atoms with Crippen LogP contribution in [-0.2, 0) is 24.2 Å². The molecule has 0 aromatic heterocycles. The number of alkyl halides is 2. The Morgan fingerprint density at radius 1 is 1.18 bits per heavy atom. The number of hydrogen-bond acceptors (Lipinski definition) is 3. The number of hydrogen-bond donors (Lipinski definition) is 1. The highest BCUT2D eigenvalue weighted by Gasteiger charge is 2.36. The van der Waals surface area contributed by atoms with Crippen LogP contribution in [0.5, 0.6) is 5.75 Å². The minimum atomic E-state index is -3.07. The minimum absolute atomic E-state index is 0.00786. The van der Waals surface area contributed by atoms with Gasteiger partial charge >= 0.3 is 12.6 Å². The molecular formula is C25H22F3NO4. The van der Waals surface area contributed by atoms with E-state index >= 15 is 0 Å². The topological polar surface area (TPSA) is 66.8 Å². The summed E-state index contributed by atoms with van der Waals surface area (Å²) in [5, 5.41) is 10.1. The number of carboxylic acid groups (broad SMARTS) is 1. The summed E-state index contributed by atoms with van der Waals surface area (Å²) in [5.41, 5.74) is 1.63. The molecule has 0 saturated heterocycles. The van der Waals surface area contributed by atoms with Crippen LogP contribution in [0.25, 0.3) is 10.8 Å². The Kier molecular flexibility index (Phi) is 6.26. The largest absolute Gasteiger partial charge is 0.481 e. The number of fused-ring (bicyclic) bond motifs is 2. The van der Waals surface area contributed by atoms with Crippen molar-refractivity contribution in [1.82, 2.24) is 0 Å². The smallest absolute Gasteiger partial charge is 0.387 e. The first-order valence-electron chi connectivity index (χ1n) is 10.6. The van der Waals surface area contributed by atoms with E-state index in [1.165, 1.54) is 17.0 Å². The summed E-state index contributed by atoms with van der Waals surface area (Å²) >= 11 is 0. The fourth-order valence-corrected chi connectivity index (χ4v) is 4.37. The zero-order valence-corrected chi connectivity index (χ0v) is 17.9. The van der Waals surface area contributed by atoms with E-state index in [1.807, 2.05) is 6.92 Å². The third-order valence-corrected chi connectivity index (χ3v) is 5.83. The number of benzene rings is 3. The second-order valence-corrected chi connectivity index (χ2v) is 7.93. The van der Waals surface area contributed by atoms with E-state index in [1.54, 1.807) is 24.3 Å². The van der Waals surface area contributed by atoms with Gasteiger partial charge in [-0.3, -0.25) is 9.59 Å². The van der Waals surface area contributed by atoms with E-state index in [9.17, 15) is 22.8 Å². The zero-order chi connectivity index (χ0) is 23.7. The maximum Gasteiger partial charge on any atom is 0.387 e. The standard InChI is InChI=1S/C25H22F3NO4/c1-2-3-6-17-16-7-4-5-8-18(16)23(33-25(27)28)19-13-29(24(32)22(17)19)15-10-9-14(11-21(30)31)20(26)12-15/h4-5,7-10,12,25H,2-3,6,11,13H2,1H3,(H,30,31). The van der Waals surface area contributed by atoms with E-state index in [2.05, 4.69) is 0 Å². The predicted molar refractivity (Wildman–Crippen MR) is 117 cm³/mol. The van der Waals surface area contributed by atoms with Crippen LogP contribution in [0.2, 0.25) is 0 Å². The summed E-state index contributed by atoms with van der Waals surface area (Å²) in [4.78, 5) is 25.7. The lowest BCUT2D eigenvalue weighted by molar-refractivity contribution is -0.136. The molecule has 1 aliphatic rings. The van der Waals surface area contributed by atoms with Crippen LogP contribution in [0.4, 0.5) is 18.9 Å². The van der Waals surface area contributed by atoms with Crippen LogP contribution >= 0.6 is 0 Å². The van der Waals surface area contributed by atoms with Crippen LogP contribution in [0.15, 0.2) is 42.5 Å². The zero-order valence-electron chi connectivity index (χ0n) is 17.9. The molecular weight excluding hydrogens is 435 g/mol. The molecule has 1 amide bonds. The number of carbonyl (C=O) groups excluding carboxylic acids is 1. The van der Waals surface area contributed by atoms with Gasteiger partial charge in [0.15, 0.2) is 0 Å². The molecule has 1 heterocycles. The molecule has 0 unspecified atom stereocenters. The monoisotopic (exact) mass is 457 g/mol. The fraction of sp³-hybridized carbons (Fsp3) is 0.280. The molecule has 0 saturated carbocycles. The van der Waals surface area contributed by atoms with E-state index in [4.69, 9.17) is 9.84 Å². The Labute approximate surface area is 188 Å². The SMILES string of the molecule is CCCCc1c2c(c(OC(F)F)c3ccccc13)CN(c1ccc(CC(=O)O)c(F)c1)C2=O. The summed E-state index contributed by atoms with van der Waals surface area (Å²) in [6.07, 6.45) is 1.78. The number of rotatable bonds is 8. The van der Waals surface area contributed by atoms with Gasteiger partial charge in [-0.1, -0.05) is 43.7 Å². The van der Waals surface area contributed by atoms with Gasteiger partial charge in [0.2, 0.25) is 0 Å². The molecule has 0 atom stereocenters. The molecule has 33 heavy (non-hydrogen) atoms. The number of halogens is 3. The van der Waals surface area contributed by atoms with Crippen LogP contribution in [0.1, 0.15) is 46.8 Å². The average Bonchev–Trinajstić information content (AvgIpc) is 3.11. The highest BCUT2D eigenvalue weighted by molar-refractivity contribution is 6.15. The Balaban J connectivity index is 1.86. The molecule has 0 spiro atoms. The molecule has 0 bridgehead atoms. The number of amides is 1. The van der Waals surface area contributed by atoms with Gasteiger partial charge in [0.05, 0.1) is 18.5 Å². The quantitative estimate of drug-likeness (QED) is 0.471. The lowest BCUT2D eigenvalue weighted by atomic mass is 9.91. The number of carboxylic acids is 1. The normalized spacial score (nSPS) is 13.1. The molecule has 0 radical (unpaired) electrons. The molecule has 3 aromatic rings. The Hall–Kier alpha value is -3.55. The molecule has 8 heteroatoms. The van der Waals surface area contributed by atoms with Crippen molar-refractivity contribution in [3.8, 4) is 5.75 Å². The third-order valence-electron chi connectivity index (χ3n) is 5.83. The van der Waals surface area contributed by atoms with Gasteiger partial charge in [0.1, 0.15) is 11.6 Å². The summed E-state index contributed by atoms with van der Waals surface area (Å²) in [5.74, 6) is -2.40. The highest BCUT2D eigenvalue weighted by Crippen LogP contribution is 2.43.